The van der Waals surface area contributed by atoms with Gasteiger partial charge in [-0.25, -0.2) is 0 Å². The first-order valence-corrected chi connectivity index (χ1v) is 11.6. The molecule has 1 N–H and O–H groups in total. The second-order valence-corrected chi connectivity index (χ2v) is 9.10. The van der Waals surface area contributed by atoms with E-state index < -0.39 is 0 Å². The zero-order valence-electron chi connectivity index (χ0n) is 18.1. The van der Waals surface area contributed by atoms with Crippen LogP contribution in [0.2, 0.25) is 0 Å². The lowest BCUT2D eigenvalue weighted by atomic mass is 9.88. The van der Waals surface area contributed by atoms with Crippen LogP contribution in [0.15, 0.2) is 48.5 Å². The molecule has 2 aromatic carbocycles. The summed E-state index contributed by atoms with van der Waals surface area (Å²) in [5, 5.41) is 1.25. The normalized spacial score (nSPS) is 22.0. The summed E-state index contributed by atoms with van der Waals surface area (Å²) in [7, 11) is 2.17. The number of rotatable bonds is 3. The van der Waals surface area contributed by atoms with Gasteiger partial charge in [0.2, 0.25) is 5.91 Å². The van der Waals surface area contributed by atoms with Gasteiger partial charge in [-0.15, -0.1) is 11.6 Å². The van der Waals surface area contributed by atoms with Crippen molar-refractivity contribution in [1.82, 2.24) is 14.8 Å². The smallest absolute Gasteiger partial charge is 0.238 e. The number of amides is 1. The van der Waals surface area contributed by atoms with E-state index in [0.29, 0.717) is 0 Å². The third kappa shape index (κ3) is 3.60. The molecular formula is C25H29ClN4O. The Morgan fingerprint density at radius 2 is 1.77 bits per heavy atom. The predicted octanol–water partition coefficient (Wildman–Crippen LogP) is 4.02. The Hall–Kier alpha value is -2.50. The summed E-state index contributed by atoms with van der Waals surface area (Å²) in [5.41, 5.74) is 5.92. The van der Waals surface area contributed by atoms with Gasteiger partial charge >= 0.3 is 0 Å². The summed E-state index contributed by atoms with van der Waals surface area (Å²) < 4.78 is 0. The average molecular weight is 437 g/mol. The molecule has 1 aromatic heterocycles. The van der Waals surface area contributed by atoms with Gasteiger partial charge in [-0.3, -0.25) is 4.79 Å². The molecule has 0 unspecified atom stereocenters. The Labute approximate surface area is 188 Å². The molecule has 2 aliphatic heterocycles. The first-order chi connectivity index (χ1) is 15.1. The van der Waals surface area contributed by atoms with Gasteiger partial charge in [-0.1, -0.05) is 30.3 Å². The van der Waals surface area contributed by atoms with Crippen LogP contribution < -0.4 is 4.90 Å². The average Bonchev–Trinajstić information content (AvgIpc) is 3.16. The third-order valence-corrected chi connectivity index (χ3v) is 7.08. The van der Waals surface area contributed by atoms with Gasteiger partial charge < -0.3 is 19.7 Å². The largest absolute Gasteiger partial charge is 0.369 e. The molecule has 0 spiro atoms. The molecule has 162 valence electrons. The van der Waals surface area contributed by atoms with Gasteiger partial charge in [-0.2, -0.15) is 0 Å². The molecular weight excluding hydrogens is 408 g/mol. The minimum Gasteiger partial charge on any atom is -0.369 e. The number of hydrogen-bond acceptors (Lipinski definition) is 3. The fourth-order valence-electron chi connectivity index (χ4n) is 5.18. The Morgan fingerprint density at radius 3 is 2.48 bits per heavy atom. The van der Waals surface area contributed by atoms with E-state index in [1.54, 1.807) is 0 Å². The van der Waals surface area contributed by atoms with Gasteiger partial charge in [0.15, 0.2) is 0 Å². The van der Waals surface area contributed by atoms with Gasteiger partial charge in [0, 0.05) is 54.5 Å². The van der Waals surface area contributed by atoms with Crippen LogP contribution >= 0.6 is 11.6 Å². The topological polar surface area (TPSA) is 42.6 Å². The molecule has 0 bridgehead atoms. The molecule has 0 saturated carbocycles. The van der Waals surface area contributed by atoms with Crippen LogP contribution in [0.1, 0.15) is 29.8 Å². The summed E-state index contributed by atoms with van der Waals surface area (Å²) >= 11 is 6.04. The van der Waals surface area contributed by atoms with E-state index in [1.807, 2.05) is 4.90 Å². The molecule has 5 rings (SSSR count). The van der Waals surface area contributed by atoms with Crippen molar-refractivity contribution >= 4 is 34.1 Å². The van der Waals surface area contributed by atoms with Crippen molar-refractivity contribution in [2.24, 2.45) is 0 Å². The minimum atomic E-state index is -0.154. The van der Waals surface area contributed by atoms with Crippen molar-refractivity contribution in [3.8, 4) is 0 Å². The van der Waals surface area contributed by atoms with Crippen LogP contribution in [0.25, 0.3) is 10.9 Å². The van der Waals surface area contributed by atoms with Crippen molar-refractivity contribution in [3.05, 3.63) is 65.4 Å². The molecule has 3 aromatic rings. The molecule has 6 heteroatoms. The monoisotopic (exact) mass is 436 g/mol. The van der Waals surface area contributed by atoms with E-state index in [2.05, 4.69) is 77.3 Å². The highest BCUT2D eigenvalue weighted by molar-refractivity contribution is 6.27. The summed E-state index contributed by atoms with van der Waals surface area (Å²) in [6, 6.07) is 17.1. The van der Waals surface area contributed by atoms with E-state index in [4.69, 9.17) is 11.6 Å². The Balaban J connectivity index is 1.55. The Kier molecular flexibility index (Phi) is 5.40. The maximum atomic E-state index is 12.9. The molecule has 2 aliphatic rings. The number of carbonyl (C=O) groups excluding carboxylic acids is 1. The number of benzene rings is 2. The SMILES string of the molecule is C[C@H]1Cc2c([nH]c3ccccc23)[C@@H](c2ccc(N3CCN(C)CC3)cc2)N1C(=O)CCl. The second kappa shape index (κ2) is 8.21. The molecule has 3 heterocycles. The van der Waals surface area contributed by atoms with Crippen molar-refractivity contribution in [3.63, 3.8) is 0 Å². The highest BCUT2D eigenvalue weighted by Gasteiger charge is 2.38. The summed E-state index contributed by atoms with van der Waals surface area (Å²) in [6.45, 7) is 6.37. The number of fused-ring (bicyclic) bond motifs is 3. The number of halogens is 1. The third-order valence-electron chi connectivity index (χ3n) is 6.85. The molecule has 2 atom stereocenters. The fraction of sp³-hybridized carbons (Fsp3) is 0.400. The number of carbonyl (C=O) groups is 1. The Bertz CT molecular complexity index is 1080. The summed E-state index contributed by atoms with van der Waals surface area (Å²) in [5.74, 6) is -0.0258. The molecule has 0 aliphatic carbocycles. The lowest BCUT2D eigenvalue weighted by molar-refractivity contribution is -0.133. The molecule has 1 fully saturated rings. The second-order valence-electron chi connectivity index (χ2n) is 8.83. The van der Waals surface area contributed by atoms with Crippen LogP contribution in [-0.4, -0.2) is 65.8 Å². The molecule has 1 saturated heterocycles. The van der Waals surface area contributed by atoms with Crippen LogP contribution in [0.3, 0.4) is 0 Å². The zero-order chi connectivity index (χ0) is 21.5. The van der Waals surface area contributed by atoms with Gasteiger partial charge in [0.25, 0.3) is 0 Å². The number of aromatic amines is 1. The fourth-order valence-corrected chi connectivity index (χ4v) is 5.32. The van der Waals surface area contributed by atoms with Crippen LogP contribution in [0.4, 0.5) is 5.69 Å². The number of nitrogens with zero attached hydrogens (tertiary/aromatic N) is 3. The molecule has 31 heavy (non-hydrogen) atoms. The van der Waals surface area contributed by atoms with E-state index in [0.717, 1.165) is 49.4 Å². The van der Waals surface area contributed by atoms with Crippen molar-refractivity contribution < 1.29 is 4.79 Å². The number of piperazine rings is 1. The maximum absolute atomic E-state index is 12.9. The number of alkyl halides is 1. The van der Waals surface area contributed by atoms with E-state index >= 15 is 0 Å². The minimum absolute atomic E-state index is 0.00419. The zero-order valence-corrected chi connectivity index (χ0v) is 18.9. The Morgan fingerprint density at radius 1 is 1.06 bits per heavy atom. The number of nitrogens with one attached hydrogen (secondary N) is 1. The van der Waals surface area contributed by atoms with Crippen molar-refractivity contribution in [2.45, 2.75) is 25.4 Å². The van der Waals surface area contributed by atoms with Gasteiger partial charge in [0.05, 0.1) is 6.04 Å². The summed E-state index contributed by atoms with van der Waals surface area (Å²) in [6.07, 6.45) is 0.831. The highest BCUT2D eigenvalue weighted by Crippen LogP contribution is 2.41. The van der Waals surface area contributed by atoms with E-state index in [-0.39, 0.29) is 23.9 Å². The van der Waals surface area contributed by atoms with Crippen LogP contribution in [0.5, 0.6) is 0 Å². The first-order valence-electron chi connectivity index (χ1n) is 11.1. The first kappa shape index (κ1) is 20.4. The lowest BCUT2D eigenvalue weighted by Gasteiger charge is -2.41. The predicted molar refractivity (Wildman–Crippen MR) is 127 cm³/mol. The van der Waals surface area contributed by atoms with Crippen molar-refractivity contribution in [1.29, 1.82) is 0 Å². The lowest BCUT2D eigenvalue weighted by Crippen LogP contribution is -2.47. The standard InChI is InChI=1S/C25H29ClN4O/c1-17-15-21-20-5-3-4-6-22(20)27-24(21)25(30(17)23(31)16-26)18-7-9-19(10-8-18)29-13-11-28(2)12-14-29/h3-10,17,25,27H,11-16H2,1-2H3/t17-,25+/m0/s1. The van der Waals surface area contributed by atoms with Crippen LogP contribution in [-0.2, 0) is 11.2 Å². The highest BCUT2D eigenvalue weighted by atomic mass is 35.5. The van der Waals surface area contributed by atoms with E-state index in [9.17, 15) is 4.79 Å². The quantitative estimate of drug-likeness (QED) is 0.630. The van der Waals surface area contributed by atoms with Gasteiger partial charge in [-0.05, 0) is 49.7 Å². The maximum Gasteiger partial charge on any atom is 0.238 e. The number of H-pyrrole nitrogens is 1. The number of likely N-dealkylation sites (N-methyl/N-ethyl adjacent to an activating group) is 1. The summed E-state index contributed by atoms with van der Waals surface area (Å²) in [4.78, 5) is 23.3. The van der Waals surface area contributed by atoms with E-state index in [1.165, 1.54) is 16.6 Å². The number of hydrogen-bond donors (Lipinski definition) is 1. The molecule has 1 amide bonds. The number of aromatic nitrogens is 1. The molecule has 0 radical (unpaired) electrons. The van der Waals surface area contributed by atoms with Gasteiger partial charge in [0.1, 0.15) is 5.88 Å². The number of anilines is 1. The van der Waals surface area contributed by atoms with Crippen LogP contribution in [0, 0.1) is 0 Å². The van der Waals surface area contributed by atoms with Crippen molar-refractivity contribution in [2.75, 3.05) is 44.0 Å². The molecule has 5 nitrogen and oxygen atoms in total. The number of para-hydroxylation sites is 1.